The van der Waals surface area contributed by atoms with Crippen LogP contribution in [0, 0.1) is 0 Å². The van der Waals surface area contributed by atoms with Crippen molar-refractivity contribution in [2.24, 2.45) is 0 Å². The molecular formula is C48H33NO. The summed E-state index contributed by atoms with van der Waals surface area (Å²) in [6.07, 6.45) is 0. The van der Waals surface area contributed by atoms with Gasteiger partial charge in [0, 0.05) is 27.8 Å². The second kappa shape index (κ2) is 12.8. The minimum absolute atomic E-state index is 0.904. The number of hydrogen-bond acceptors (Lipinski definition) is 2. The Labute approximate surface area is 292 Å². The summed E-state index contributed by atoms with van der Waals surface area (Å²) in [4.78, 5) is 2.33. The summed E-state index contributed by atoms with van der Waals surface area (Å²) in [5, 5.41) is 2.28. The van der Waals surface area contributed by atoms with Crippen LogP contribution in [0.15, 0.2) is 205 Å². The minimum Gasteiger partial charge on any atom is -0.456 e. The predicted molar refractivity (Wildman–Crippen MR) is 210 cm³/mol. The molecule has 9 aromatic rings. The lowest BCUT2D eigenvalue weighted by atomic mass is 9.92. The van der Waals surface area contributed by atoms with Crippen LogP contribution in [0.4, 0.5) is 17.1 Å². The lowest BCUT2D eigenvalue weighted by molar-refractivity contribution is 0.669. The molecule has 0 spiro atoms. The monoisotopic (exact) mass is 639 g/mol. The number of rotatable bonds is 7. The summed E-state index contributed by atoms with van der Waals surface area (Å²) in [6.45, 7) is 0. The van der Waals surface area contributed by atoms with Crippen LogP contribution in [-0.4, -0.2) is 0 Å². The van der Waals surface area contributed by atoms with Gasteiger partial charge in [0.25, 0.3) is 0 Å². The quantitative estimate of drug-likeness (QED) is 0.173. The van der Waals surface area contributed by atoms with Gasteiger partial charge in [0.05, 0.1) is 0 Å². The van der Waals surface area contributed by atoms with Crippen molar-refractivity contribution >= 4 is 39.0 Å². The standard InChI is InChI=1S/C48H33NO/c1-3-12-34(13-4-1)36-22-28-39(29-23-36)49(40-30-24-37(25-31-40)35-14-5-2-6-15-35)41-32-26-38(27-33-41)42-16-7-8-17-43(42)44-19-11-21-47-48(44)45-18-9-10-20-46(45)50-47/h1-33H. The van der Waals surface area contributed by atoms with Crippen LogP contribution >= 0.6 is 0 Å². The smallest absolute Gasteiger partial charge is 0.136 e. The maximum Gasteiger partial charge on any atom is 0.136 e. The number of para-hydroxylation sites is 1. The van der Waals surface area contributed by atoms with Crippen molar-refractivity contribution in [1.29, 1.82) is 0 Å². The van der Waals surface area contributed by atoms with E-state index in [0.29, 0.717) is 0 Å². The first-order valence-electron chi connectivity index (χ1n) is 17.0. The van der Waals surface area contributed by atoms with Crippen molar-refractivity contribution in [3.05, 3.63) is 200 Å². The number of furan rings is 1. The van der Waals surface area contributed by atoms with Gasteiger partial charge in [-0.05, 0) is 93.0 Å². The lowest BCUT2D eigenvalue weighted by Gasteiger charge is -2.26. The number of fused-ring (bicyclic) bond motifs is 3. The molecule has 236 valence electrons. The fourth-order valence-corrected chi connectivity index (χ4v) is 7.07. The average Bonchev–Trinajstić information content (AvgIpc) is 3.59. The van der Waals surface area contributed by atoms with E-state index in [-0.39, 0.29) is 0 Å². The molecule has 0 amide bonds. The van der Waals surface area contributed by atoms with Crippen molar-refractivity contribution in [1.82, 2.24) is 0 Å². The molecule has 0 saturated heterocycles. The summed E-state index contributed by atoms with van der Waals surface area (Å²) in [5.74, 6) is 0. The van der Waals surface area contributed by atoms with E-state index < -0.39 is 0 Å². The maximum absolute atomic E-state index is 6.25. The fraction of sp³-hybridized carbons (Fsp3) is 0. The largest absolute Gasteiger partial charge is 0.456 e. The van der Waals surface area contributed by atoms with Crippen molar-refractivity contribution in [2.45, 2.75) is 0 Å². The Morgan fingerprint density at radius 3 is 1.28 bits per heavy atom. The van der Waals surface area contributed by atoms with Gasteiger partial charge in [-0.3, -0.25) is 0 Å². The van der Waals surface area contributed by atoms with Crippen molar-refractivity contribution < 1.29 is 4.42 Å². The molecule has 8 aromatic carbocycles. The number of benzene rings is 8. The third kappa shape index (κ3) is 5.43. The molecule has 2 heteroatoms. The third-order valence-electron chi connectivity index (χ3n) is 9.52. The van der Waals surface area contributed by atoms with Gasteiger partial charge in [-0.15, -0.1) is 0 Å². The third-order valence-corrected chi connectivity index (χ3v) is 9.52. The first-order valence-corrected chi connectivity index (χ1v) is 17.0. The Kier molecular flexibility index (Phi) is 7.53. The van der Waals surface area contributed by atoms with Crippen LogP contribution in [0.5, 0.6) is 0 Å². The Morgan fingerprint density at radius 1 is 0.280 bits per heavy atom. The maximum atomic E-state index is 6.25. The minimum atomic E-state index is 0.904. The van der Waals surface area contributed by atoms with E-state index in [0.717, 1.165) is 44.6 Å². The van der Waals surface area contributed by atoms with Crippen molar-refractivity contribution in [2.75, 3.05) is 4.90 Å². The van der Waals surface area contributed by atoms with Gasteiger partial charge in [0.15, 0.2) is 0 Å². The zero-order valence-corrected chi connectivity index (χ0v) is 27.4. The average molecular weight is 640 g/mol. The van der Waals surface area contributed by atoms with E-state index >= 15 is 0 Å². The normalized spacial score (nSPS) is 11.2. The van der Waals surface area contributed by atoms with E-state index in [1.807, 2.05) is 12.1 Å². The second-order valence-electron chi connectivity index (χ2n) is 12.5. The van der Waals surface area contributed by atoms with E-state index in [1.54, 1.807) is 0 Å². The first-order chi connectivity index (χ1) is 24.8. The predicted octanol–water partition coefficient (Wildman–Crippen LogP) is 13.7. The molecule has 9 rings (SSSR count). The van der Waals surface area contributed by atoms with Gasteiger partial charge in [-0.2, -0.15) is 0 Å². The van der Waals surface area contributed by atoms with Gasteiger partial charge in [0.2, 0.25) is 0 Å². The Bertz CT molecular complexity index is 2470. The summed E-state index contributed by atoms with van der Waals surface area (Å²) in [6, 6.07) is 71.0. The van der Waals surface area contributed by atoms with Crippen LogP contribution < -0.4 is 4.90 Å². The highest BCUT2D eigenvalue weighted by atomic mass is 16.3. The highest BCUT2D eigenvalue weighted by molar-refractivity contribution is 6.13. The molecule has 1 heterocycles. The molecule has 50 heavy (non-hydrogen) atoms. The highest BCUT2D eigenvalue weighted by Gasteiger charge is 2.17. The lowest BCUT2D eigenvalue weighted by Crippen LogP contribution is -2.09. The number of hydrogen-bond donors (Lipinski definition) is 0. The van der Waals surface area contributed by atoms with Crippen LogP contribution in [-0.2, 0) is 0 Å². The van der Waals surface area contributed by atoms with Gasteiger partial charge in [0.1, 0.15) is 11.2 Å². The van der Waals surface area contributed by atoms with E-state index in [4.69, 9.17) is 4.42 Å². The number of anilines is 3. The summed E-state index contributed by atoms with van der Waals surface area (Å²) >= 11 is 0. The fourth-order valence-electron chi connectivity index (χ4n) is 7.07. The molecule has 0 fully saturated rings. The molecular weight excluding hydrogens is 607 g/mol. The highest BCUT2D eigenvalue weighted by Crippen LogP contribution is 2.42. The summed E-state index contributed by atoms with van der Waals surface area (Å²) in [5.41, 5.74) is 14.6. The molecule has 2 nitrogen and oxygen atoms in total. The van der Waals surface area contributed by atoms with Crippen molar-refractivity contribution in [3.8, 4) is 44.5 Å². The molecule has 0 aliphatic carbocycles. The van der Waals surface area contributed by atoms with Gasteiger partial charge < -0.3 is 9.32 Å². The molecule has 1 aromatic heterocycles. The molecule has 0 radical (unpaired) electrons. The van der Waals surface area contributed by atoms with E-state index in [9.17, 15) is 0 Å². The summed E-state index contributed by atoms with van der Waals surface area (Å²) in [7, 11) is 0. The molecule has 0 aliphatic heterocycles. The SMILES string of the molecule is c1ccc(-c2ccc(N(c3ccc(-c4ccccc4)cc3)c3ccc(-c4ccccc4-c4cccc5oc6ccccc6c45)cc3)cc2)cc1. The molecule has 0 atom stereocenters. The zero-order chi connectivity index (χ0) is 33.3. The number of nitrogens with zero attached hydrogens (tertiary/aromatic N) is 1. The molecule has 0 N–H and O–H groups in total. The first kappa shape index (κ1) is 29.5. The van der Waals surface area contributed by atoms with Crippen molar-refractivity contribution in [3.63, 3.8) is 0 Å². The van der Waals surface area contributed by atoms with Crippen LogP contribution in [0.25, 0.3) is 66.4 Å². The molecule has 0 bridgehead atoms. The van der Waals surface area contributed by atoms with E-state index in [1.165, 1.54) is 38.9 Å². The van der Waals surface area contributed by atoms with Crippen LogP contribution in [0.3, 0.4) is 0 Å². The Morgan fingerprint density at radius 2 is 0.700 bits per heavy atom. The van der Waals surface area contributed by atoms with Crippen LogP contribution in [0.2, 0.25) is 0 Å². The molecule has 0 saturated carbocycles. The van der Waals surface area contributed by atoms with E-state index in [2.05, 4.69) is 193 Å². The Balaban J connectivity index is 1.12. The zero-order valence-electron chi connectivity index (χ0n) is 27.4. The van der Waals surface area contributed by atoms with Gasteiger partial charge in [-0.25, -0.2) is 0 Å². The summed E-state index contributed by atoms with van der Waals surface area (Å²) < 4.78 is 6.25. The topological polar surface area (TPSA) is 16.4 Å². The van der Waals surface area contributed by atoms with Crippen LogP contribution in [0.1, 0.15) is 0 Å². The molecule has 0 unspecified atom stereocenters. The van der Waals surface area contributed by atoms with Gasteiger partial charge in [-0.1, -0.05) is 152 Å². The second-order valence-corrected chi connectivity index (χ2v) is 12.5. The Hall–Kier alpha value is -6.64. The molecule has 0 aliphatic rings. The van der Waals surface area contributed by atoms with Gasteiger partial charge >= 0.3 is 0 Å².